The number of hydrogen-bond acceptors (Lipinski definition) is 10. The lowest BCUT2D eigenvalue weighted by Gasteiger charge is -2.27. The molecule has 0 fully saturated rings. The van der Waals surface area contributed by atoms with Gasteiger partial charge in [0, 0.05) is 54.0 Å². The molecule has 16 nitrogen and oxygen atoms in total. The van der Waals surface area contributed by atoms with Gasteiger partial charge in [-0.3, -0.25) is 24.0 Å². The predicted octanol–water partition coefficient (Wildman–Crippen LogP) is -0.441. The number of aromatic nitrogens is 3. The van der Waals surface area contributed by atoms with Gasteiger partial charge in [0.1, 0.15) is 30.5 Å². The van der Waals surface area contributed by atoms with Crippen LogP contribution in [0.2, 0.25) is 0 Å². The van der Waals surface area contributed by atoms with Crippen molar-refractivity contribution in [3.8, 4) is 0 Å². The SMILES string of the molecule is NCCCC[C@H](NC(=O)[C@H](CS)NC(=O)[C@@H](N)Cc1cnc[nH]1)C(=O)N[C@@H](Cc1ccccc1)C(=O)N[C@@H](Cc1c[nH]c2ccccc12)C(=O)NCC=O. The van der Waals surface area contributed by atoms with E-state index in [4.69, 9.17) is 11.5 Å². The molecular formula is C37H48N10O6S. The summed E-state index contributed by atoms with van der Waals surface area (Å²) < 4.78 is 0. The summed E-state index contributed by atoms with van der Waals surface area (Å²) in [7, 11) is 0. The molecule has 0 spiro atoms. The number of nitrogens with one attached hydrogen (secondary N) is 7. The fraction of sp³-hybridized carbons (Fsp3) is 0.378. The van der Waals surface area contributed by atoms with Crippen molar-refractivity contribution in [2.75, 3.05) is 18.8 Å². The number of nitrogens with zero attached hydrogens (tertiary/aromatic N) is 1. The van der Waals surface area contributed by atoms with Crippen molar-refractivity contribution in [2.45, 2.75) is 68.7 Å². The average Bonchev–Trinajstić information content (AvgIpc) is 3.85. The first-order valence-electron chi connectivity index (χ1n) is 17.7. The molecule has 0 aliphatic carbocycles. The van der Waals surface area contributed by atoms with E-state index in [2.05, 4.69) is 54.2 Å². The zero-order valence-corrected chi connectivity index (χ0v) is 30.6. The zero-order valence-electron chi connectivity index (χ0n) is 29.8. The Morgan fingerprint density at radius 3 is 2.09 bits per heavy atom. The molecule has 0 radical (unpaired) electrons. The molecule has 2 aromatic heterocycles. The highest BCUT2D eigenvalue weighted by Crippen LogP contribution is 2.19. The molecule has 0 aliphatic heterocycles. The number of aldehydes is 1. The first kappa shape index (κ1) is 41.2. The van der Waals surface area contributed by atoms with Crippen LogP contribution in [0.15, 0.2) is 73.3 Å². The Morgan fingerprint density at radius 2 is 1.41 bits per heavy atom. The number of rotatable bonds is 22. The number of unbranched alkanes of at least 4 members (excludes halogenated alkanes) is 1. The molecule has 54 heavy (non-hydrogen) atoms. The van der Waals surface area contributed by atoms with Gasteiger partial charge >= 0.3 is 0 Å². The highest BCUT2D eigenvalue weighted by Gasteiger charge is 2.32. The highest BCUT2D eigenvalue weighted by molar-refractivity contribution is 7.80. The summed E-state index contributed by atoms with van der Waals surface area (Å²) in [6, 6.07) is 11.0. The van der Waals surface area contributed by atoms with Crippen LogP contribution in [0.4, 0.5) is 0 Å². The van der Waals surface area contributed by atoms with Crippen LogP contribution in [0.5, 0.6) is 0 Å². The molecule has 11 N–H and O–H groups in total. The van der Waals surface area contributed by atoms with Crippen LogP contribution >= 0.6 is 12.6 Å². The highest BCUT2D eigenvalue weighted by atomic mass is 32.1. The van der Waals surface area contributed by atoms with Gasteiger partial charge in [0.2, 0.25) is 29.5 Å². The second-order valence-corrected chi connectivity index (χ2v) is 13.1. The van der Waals surface area contributed by atoms with Crippen LogP contribution < -0.4 is 38.1 Å². The number of H-pyrrole nitrogens is 2. The van der Waals surface area contributed by atoms with Crippen LogP contribution in [0.3, 0.4) is 0 Å². The molecule has 5 atom stereocenters. The van der Waals surface area contributed by atoms with Crippen LogP contribution in [0.1, 0.15) is 36.1 Å². The number of benzene rings is 2. The zero-order chi connectivity index (χ0) is 38.9. The van der Waals surface area contributed by atoms with Crippen molar-refractivity contribution in [2.24, 2.45) is 11.5 Å². The van der Waals surface area contributed by atoms with Gasteiger partial charge in [0.05, 0.1) is 18.9 Å². The largest absolute Gasteiger partial charge is 0.361 e. The Morgan fingerprint density at radius 1 is 0.759 bits per heavy atom. The number of carbonyl (C=O) groups excluding carboxylic acids is 6. The van der Waals surface area contributed by atoms with E-state index in [1.54, 1.807) is 30.5 Å². The van der Waals surface area contributed by atoms with Gasteiger partial charge < -0.3 is 52.8 Å². The van der Waals surface area contributed by atoms with E-state index in [0.717, 1.165) is 22.0 Å². The third-order valence-corrected chi connectivity index (χ3v) is 9.10. The standard InChI is InChI=1S/C37H48N10O6S/c38-13-7-6-12-29(44-37(53)32(21-54)47-33(49)27(39)18-25-20-40-22-43-25)35(51)45-30(16-23-8-2-1-3-9-23)36(52)46-31(34(50)41-14-15-48)17-24-19-42-28-11-5-4-10-26(24)28/h1-5,8-11,15,19-20,22,27,29-32,42,54H,6-7,12-14,16-18,21,38-39H2,(H,40,43)(H,41,50)(H,44,53)(H,45,51)(H,46,52)(H,47,49)/t27-,29-,30-,31-,32-/m0/s1. The minimum Gasteiger partial charge on any atom is -0.361 e. The number of imidazole rings is 1. The molecule has 17 heteroatoms. The minimum absolute atomic E-state index is 0.0567. The van der Waals surface area contributed by atoms with Gasteiger partial charge in [-0.15, -0.1) is 0 Å². The quantitative estimate of drug-likeness (QED) is 0.0283. The van der Waals surface area contributed by atoms with E-state index >= 15 is 0 Å². The molecule has 4 rings (SSSR count). The number of carbonyl (C=O) groups is 6. The molecule has 2 aromatic carbocycles. The number of para-hydroxylation sites is 1. The molecule has 0 saturated carbocycles. The van der Waals surface area contributed by atoms with Gasteiger partial charge in [-0.05, 0) is 43.0 Å². The molecule has 0 aliphatic rings. The lowest BCUT2D eigenvalue weighted by Crippen LogP contribution is -2.59. The fourth-order valence-corrected chi connectivity index (χ4v) is 6.09. The maximum Gasteiger partial charge on any atom is 0.244 e. The first-order chi connectivity index (χ1) is 26.1. The van der Waals surface area contributed by atoms with E-state index in [9.17, 15) is 28.8 Å². The Labute approximate surface area is 318 Å². The molecule has 2 heterocycles. The van der Waals surface area contributed by atoms with Gasteiger partial charge in [-0.1, -0.05) is 48.5 Å². The summed E-state index contributed by atoms with van der Waals surface area (Å²) in [6.45, 7) is 0.103. The number of aromatic amines is 2. The van der Waals surface area contributed by atoms with E-state index in [1.807, 2.05) is 30.3 Å². The monoisotopic (exact) mass is 760 g/mol. The summed E-state index contributed by atoms with van der Waals surface area (Å²) >= 11 is 4.25. The van der Waals surface area contributed by atoms with E-state index in [1.165, 1.54) is 12.5 Å². The Kier molecular flexibility index (Phi) is 16.2. The molecule has 0 unspecified atom stereocenters. The van der Waals surface area contributed by atoms with Crippen molar-refractivity contribution >= 4 is 59.4 Å². The summed E-state index contributed by atoms with van der Waals surface area (Å²) in [6.07, 6.45) is 6.81. The van der Waals surface area contributed by atoms with Gasteiger partial charge in [0.25, 0.3) is 0 Å². The normalized spacial score (nSPS) is 13.8. The maximum atomic E-state index is 14.1. The summed E-state index contributed by atoms with van der Waals surface area (Å²) in [5.41, 5.74) is 14.7. The summed E-state index contributed by atoms with van der Waals surface area (Å²) in [5.74, 6) is -3.25. The summed E-state index contributed by atoms with van der Waals surface area (Å²) in [5, 5.41) is 14.3. The van der Waals surface area contributed by atoms with E-state index < -0.39 is 59.7 Å². The molecule has 5 amide bonds. The van der Waals surface area contributed by atoms with Crippen LogP contribution in [-0.4, -0.2) is 99.8 Å². The molecule has 0 bridgehead atoms. The van der Waals surface area contributed by atoms with Gasteiger partial charge in [0.15, 0.2) is 0 Å². The molecular weight excluding hydrogens is 713 g/mol. The third kappa shape index (κ3) is 12.3. The van der Waals surface area contributed by atoms with Gasteiger partial charge in [-0.25, -0.2) is 4.98 Å². The Bertz CT molecular complexity index is 1840. The van der Waals surface area contributed by atoms with Crippen molar-refractivity contribution in [3.63, 3.8) is 0 Å². The lowest BCUT2D eigenvalue weighted by atomic mass is 10.0. The van der Waals surface area contributed by atoms with Crippen LogP contribution in [0.25, 0.3) is 10.9 Å². The van der Waals surface area contributed by atoms with Gasteiger partial charge in [-0.2, -0.15) is 12.6 Å². The molecule has 0 saturated heterocycles. The molecule has 288 valence electrons. The maximum absolute atomic E-state index is 14.1. The van der Waals surface area contributed by atoms with Crippen LogP contribution in [-0.2, 0) is 48.0 Å². The number of amides is 5. The Balaban J connectivity index is 1.52. The second-order valence-electron chi connectivity index (χ2n) is 12.8. The third-order valence-electron chi connectivity index (χ3n) is 8.73. The van der Waals surface area contributed by atoms with E-state index in [0.29, 0.717) is 31.4 Å². The lowest BCUT2D eigenvalue weighted by molar-refractivity contribution is -0.134. The minimum atomic E-state index is -1.18. The number of fused-ring (bicyclic) bond motifs is 1. The number of hydrogen-bond donors (Lipinski definition) is 10. The smallest absolute Gasteiger partial charge is 0.244 e. The summed E-state index contributed by atoms with van der Waals surface area (Å²) in [4.78, 5) is 88.7. The molecule has 4 aromatic rings. The second kappa shape index (κ2) is 21.2. The van der Waals surface area contributed by atoms with Crippen molar-refractivity contribution < 1.29 is 28.8 Å². The Hall–Kier alpha value is -5.52. The van der Waals surface area contributed by atoms with Crippen molar-refractivity contribution in [1.82, 2.24) is 41.5 Å². The van der Waals surface area contributed by atoms with Crippen molar-refractivity contribution in [3.05, 3.63) is 90.1 Å². The van der Waals surface area contributed by atoms with E-state index in [-0.39, 0.29) is 38.0 Å². The number of nitrogens with two attached hydrogens (primary N) is 2. The predicted molar refractivity (Wildman–Crippen MR) is 206 cm³/mol. The fourth-order valence-electron chi connectivity index (χ4n) is 5.83. The number of thiol groups is 1. The van der Waals surface area contributed by atoms with Crippen molar-refractivity contribution in [1.29, 1.82) is 0 Å². The topological polar surface area (TPSA) is 259 Å². The average molecular weight is 761 g/mol. The first-order valence-corrected chi connectivity index (χ1v) is 18.3. The van der Waals surface area contributed by atoms with Crippen LogP contribution in [0, 0.1) is 0 Å².